The summed E-state index contributed by atoms with van der Waals surface area (Å²) in [7, 11) is 0. The first kappa shape index (κ1) is 10.8. The van der Waals surface area contributed by atoms with E-state index in [2.05, 4.69) is 23.3 Å². The van der Waals surface area contributed by atoms with E-state index in [4.69, 9.17) is 0 Å². The fourth-order valence-corrected chi connectivity index (χ4v) is 4.15. The molecule has 3 rings (SSSR count). The molecule has 2 nitrogen and oxygen atoms in total. The largest absolute Gasteiger partial charge is 0.393 e. The van der Waals surface area contributed by atoms with Gasteiger partial charge in [0, 0.05) is 23.5 Å². The molecule has 0 spiro atoms. The number of nitrogens with zero attached hydrogens (tertiary/aromatic N) is 1. The summed E-state index contributed by atoms with van der Waals surface area (Å²) in [6, 6.07) is 3.48. The molecule has 1 aromatic rings. The Kier molecular flexibility index (Phi) is 2.78. The average Bonchev–Trinajstić information content (AvgIpc) is 2.73. The van der Waals surface area contributed by atoms with E-state index >= 15 is 0 Å². The summed E-state index contributed by atoms with van der Waals surface area (Å²) in [5, 5.41) is 12.0. The SMILES string of the molecule is Cc1ccsc1CN1C2CCC1CC(O)C2. The third-order valence-corrected chi connectivity index (χ3v) is 5.16. The molecule has 3 heteroatoms. The van der Waals surface area contributed by atoms with Gasteiger partial charge < -0.3 is 5.11 Å². The van der Waals surface area contributed by atoms with E-state index in [0.29, 0.717) is 12.1 Å². The Labute approximate surface area is 101 Å². The molecule has 16 heavy (non-hydrogen) atoms. The van der Waals surface area contributed by atoms with Crippen LogP contribution in [0.3, 0.4) is 0 Å². The third-order valence-electron chi connectivity index (χ3n) is 4.15. The van der Waals surface area contributed by atoms with Crippen LogP contribution in [0.15, 0.2) is 11.4 Å². The topological polar surface area (TPSA) is 23.5 Å². The van der Waals surface area contributed by atoms with Crippen LogP contribution in [0.1, 0.15) is 36.1 Å². The highest BCUT2D eigenvalue weighted by Gasteiger charge is 2.40. The quantitative estimate of drug-likeness (QED) is 0.854. The minimum absolute atomic E-state index is 0.0433. The molecule has 0 saturated carbocycles. The van der Waals surface area contributed by atoms with E-state index in [1.807, 2.05) is 11.3 Å². The van der Waals surface area contributed by atoms with Crippen molar-refractivity contribution in [2.45, 2.75) is 57.3 Å². The Bertz CT molecular complexity index is 362. The van der Waals surface area contributed by atoms with Gasteiger partial charge in [-0.25, -0.2) is 0 Å². The average molecular weight is 237 g/mol. The van der Waals surface area contributed by atoms with Crippen LogP contribution >= 0.6 is 11.3 Å². The minimum Gasteiger partial charge on any atom is -0.393 e. The summed E-state index contributed by atoms with van der Waals surface area (Å²) in [5.41, 5.74) is 1.43. The summed E-state index contributed by atoms with van der Waals surface area (Å²) < 4.78 is 0. The molecule has 0 amide bonds. The Hall–Kier alpha value is -0.380. The first-order chi connectivity index (χ1) is 7.74. The standard InChI is InChI=1S/C13H19NOS/c1-9-4-5-16-13(9)8-14-10-2-3-11(14)7-12(15)6-10/h4-5,10-12,15H,2-3,6-8H2,1H3. The zero-order valence-corrected chi connectivity index (χ0v) is 10.5. The Morgan fingerprint density at radius 2 is 2.06 bits per heavy atom. The third kappa shape index (κ3) is 1.81. The number of rotatable bonds is 2. The summed E-state index contributed by atoms with van der Waals surface area (Å²) in [4.78, 5) is 4.14. The predicted octanol–water partition coefficient (Wildman–Crippen LogP) is 2.54. The highest BCUT2D eigenvalue weighted by molar-refractivity contribution is 7.10. The molecule has 2 fully saturated rings. The molecule has 0 aromatic carbocycles. The van der Waals surface area contributed by atoms with Crippen LogP contribution < -0.4 is 0 Å². The zero-order valence-electron chi connectivity index (χ0n) is 9.72. The molecule has 1 aromatic heterocycles. The molecule has 2 atom stereocenters. The highest BCUT2D eigenvalue weighted by Crippen LogP contribution is 2.37. The first-order valence-corrected chi connectivity index (χ1v) is 7.09. The van der Waals surface area contributed by atoms with Gasteiger partial charge in [0.25, 0.3) is 0 Å². The second-order valence-electron chi connectivity index (χ2n) is 5.21. The van der Waals surface area contributed by atoms with Gasteiger partial charge in [-0.05, 0) is 49.6 Å². The van der Waals surface area contributed by atoms with Gasteiger partial charge in [-0.2, -0.15) is 0 Å². The van der Waals surface area contributed by atoms with E-state index in [9.17, 15) is 5.11 Å². The maximum Gasteiger partial charge on any atom is 0.0570 e. The number of hydrogen-bond donors (Lipinski definition) is 1. The molecule has 2 saturated heterocycles. The van der Waals surface area contributed by atoms with E-state index in [-0.39, 0.29) is 6.10 Å². The molecule has 3 heterocycles. The van der Waals surface area contributed by atoms with Crippen LogP contribution in [0.4, 0.5) is 0 Å². The van der Waals surface area contributed by atoms with Crippen molar-refractivity contribution in [1.82, 2.24) is 4.90 Å². The number of aryl methyl sites for hydroxylation is 1. The van der Waals surface area contributed by atoms with Crippen molar-refractivity contribution >= 4 is 11.3 Å². The number of piperidine rings is 1. The second-order valence-corrected chi connectivity index (χ2v) is 6.21. The van der Waals surface area contributed by atoms with E-state index in [1.54, 1.807) is 0 Å². The molecular weight excluding hydrogens is 218 g/mol. The predicted molar refractivity (Wildman–Crippen MR) is 66.6 cm³/mol. The van der Waals surface area contributed by atoms with Gasteiger partial charge in [-0.15, -0.1) is 11.3 Å². The summed E-state index contributed by atoms with van der Waals surface area (Å²) in [6.45, 7) is 3.30. The van der Waals surface area contributed by atoms with Crippen LogP contribution in [0, 0.1) is 6.92 Å². The summed E-state index contributed by atoms with van der Waals surface area (Å²) >= 11 is 1.87. The molecule has 2 aliphatic heterocycles. The number of fused-ring (bicyclic) bond motifs is 2. The molecular formula is C13H19NOS. The second kappa shape index (κ2) is 4.13. The van der Waals surface area contributed by atoms with Crippen LogP contribution in [-0.4, -0.2) is 28.2 Å². The lowest BCUT2D eigenvalue weighted by Gasteiger charge is -2.37. The minimum atomic E-state index is -0.0433. The van der Waals surface area contributed by atoms with Gasteiger partial charge in [0.05, 0.1) is 6.10 Å². The zero-order chi connectivity index (χ0) is 11.1. The molecule has 88 valence electrons. The van der Waals surface area contributed by atoms with Gasteiger partial charge in [-0.3, -0.25) is 4.90 Å². The van der Waals surface area contributed by atoms with Crippen molar-refractivity contribution in [3.8, 4) is 0 Å². The summed E-state index contributed by atoms with van der Waals surface area (Å²) in [5.74, 6) is 0. The van der Waals surface area contributed by atoms with Crippen LogP contribution in [0.5, 0.6) is 0 Å². The number of aliphatic hydroxyl groups is 1. The van der Waals surface area contributed by atoms with Crippen LogP contribution in [0.25, 0.3) is 0 Å². The van der Waals surface area contributed by atoms with Crippen molar-refractivity contribution < 1.29 is 5.11 Å². The molecule has 2 unspecified atom stereocenters. The van der Waals surface area contributed by atoms with Crippen LogP contribution in [0.2, 0.25) is 0 Å². The lowest BCUT2D eigenvalue weighted by Crippen LogP contribution is -2.43. The monoisotopic (exact) mass is 237 g/mol. The van der Waals surface area contributed by atoms with Crippen molar-refractivity contribution in [3.05, 3.63) is 21.9 Å². The van der Waals surface area contributed by atoms with Crippen molar-refractivity contribution in [3.63, 3.8) is 0 Å². The molecule has 0 aliphatic carbocycles. The Balaban J connectivity index is 1.75. The normalized spacial score (nSPS) is 34.5. The van der Waals surface area contributed by atoms with Crippen molar-refractivity contribution in [2.24, 2.45) is 0 Å². The van der Waals surface area contributed by atoms with Crippen molar-refractivity contribution in [1.29, 1.82) is 0 Å². The molecule has 1 N–H and O–H groups in total. The van der Waals surface area contributed by atoms with E-state index in [0.717, 1.165) is 19.4 Å². The molecule has 0 radical (unpaired) electrons. The Morgan fingerprint density at radius 3 is 2.62 bits per heavy atom. The number of thiophene rings is 1. The maximum absolute atomic E-state index is 9.76. The van der Waals surface area contributed by atoms with Gasteiger partial charge in [-0.1, -0.05) is 0 Å². The lowest BCUT2D eigenvalue weighted by atomic mass is 10.00. The fraction of sp³-hybridized carbons (Fsp3) is 0.692. The molecule has 2 aliphatic rings. The number of aliphatic hydroxyl groups excluding tert-OH is 1. The maximum atomic E-state index is 9.76. The van der Waals surface area contributed by atoms with Gasteiger partial charge in [0.15, 0.2) is 0 Å². The Morgan fingerprint density at radius 1 is 1.38 bits per heavy atom. The van der Waals surface area contributed by atoms with Gasteiger partial charge in [0.1, 0.15) is 0 Å². The van der Waals surface area contributed by atoms with E-state index < -0.39 is 0 Å². The van der Waals surface area contributed by atoms with Gasteiger partial charge >= 0.3 is 0 Å². The van der Waals surface area contributed by atoms with Gasteiger partial charge in [0.2, 0.25) is 0 Å². The van der Waals surface area contributed by atoms with Crippen LogP contribution in [-0.2, 0) is 6.54 Å². The van der Waals surface area contributed by atoms with Crippen molar-refractivity contribution in [2.75, 3.05) is 0 Å². The summed E-state index contributed by atoms with van der Waals surface area (Å²) in [6.07, 6.45) is 4.50. The molecule has 2 bridgehead atoms. The number of hydrogen-bond acceptors (Lipinski definition) is 3. The lowest BCUT2D eigenvalue weighted by molar-refractivity contribution is 0.0315. The first-order valence-electron chi connectivity index (χ1n) is 6.21. The van der Waals surface area contributed by atoms with E-state index in [1.165, 1.54) is 23.3 Å². The smallest absolute Gasteiger partial charge is 0.0570 e. The fourth-order valence-electron chi connectivity index (χ4n) is 3.24. The highest BCUT2D eigenvalue weighted by atomic mass is 32.1.